The number of nitrogens with zero attached hydrogens (tertiary/aromatic N) is 1. The van der Waals surface area contributed by atoms with Crippen molar-refractivity contribution in [3.63, 3.8) is 0 Å². The van der Waals surface area contributed by atoms with E-state index in [0.717, 1.165) is 40.9 Å². The van der Waals surface area contributed by atoms with Gasteiger partial charge in [-0.25, -0.2) is 0 Å². The Balaban J connectivity index is 1.66. The molecule has 0 aliphatic rings. The minimum absolute atomic E-state index is 0.211. The predicted octanol–water partition coefficient (Wildman–Crippen LogP) is 7.00. The molecule has 0 amide bonds. The molecule has 1 aromatic heterocycles. The molecule has 1 heterocycles. The molecule has 0 radical (unpaired) electrons. The van der Waals surface area contributed by atoms with E-state index < -0.39 is 0 Å². The summed E-state index contributed by atoms with van der Waals surface area (Å²) in [5.41, 5.74) is 4.91. The minimum atomic E-state index is 0.211. The zero-order valence-electron chi connectivity index (χ0n) is 17.1. The van der Waals surface area contributed by atoms with Crippen molar-refractivity contribution >= 4 is 29.3 Å². The molecule has 0 fully saturated rings. The average Bonchev–Trinajstić information content (AvgIpc) is 2.73. The van der Waals surface area contributed by atoms with Crippen LogP contribution in [0.3, 0.4) is 0 Å². The first-order valence-electron chi connectivity index (χ1n) is 10.2. The molecule has 1 N–H and O–H groups in total. The lowest BCUT2D eigenvalue weighted by atomic mass is 10.0. The molecule has 0 unspecified atom stereocenters. The van der Waals surface area contributed by atoms with Crippen LogP contribution in [-0.4, -0.2) is 10.8 Å². The molecule has 0 bridgehead atoms. The van der Waals surface area contributed by atoms with Gasteiger partial charge in [-0.2, -0.15) is 0 Å². The van der Waals surface area contributed by atoms with Crippen LogP contribution in [0, 0.1) is 5.92 Å². The molecule has 29 heavy (non-hydrogen) atoms. The van der Waals surface area contributed by atoms with Crippen LogP contribution in [0.25, 0.3) is 12.2 Å². The maximum atomic E-state index is 12.5. The van der Waals surface area contributed by atoms with Crippen molar-refractivity contribution in [2.45, 2.75) is 33.1 Å². The summed E-state index contributed by atoms with van der Waals surface area (Å²) in [4.78, 5) is 16.5. The topological polar surface area (TPSA) is 42.0 Å². The van der Waals surface area contributed by atoms with E-state index in [4.69, 9.17) is 0 Å². The quantitative estimate of drug-likeness (QED) is 0.404. The average molecular weight is 385 g/mol. The van der Waals surface area contributed by atoms with Crippen LogP contribution in [0.5, 0.6) is 0 Å². The van der Waals surface area contributed by atoms with Gasteiger partial charge < -0.3 is 5.32 Å². The Morgan fingerprint density at radius 2 is 1.62 bits per heavy atom. The van der Waals surface area contributed by atoms with Crippen molar-refractivity contribution in [2.75, 3.05) is 5.32 Å². The van der Waals surface area contributed by atoms with E-state index in [1.165, 1.54) is 0 Å². The zero-order chi connectivity index (χ0) is 20.5. The van der Waals surface area contributed by atoms with Crippen molar-refractivity contribution in [1.29, 1.82) is 0 Å². The van der Waals surface area contributed by atoms with Gasteiger partial charge in [0.15, 0.2) is 5.78 Å². The summed E-state index contributed by atoms with van der Waals surface area (Å²) in [6.45, 7) is 4.38. The number of rotatable bonds is 9. The van der Waals surface area contributed by atoms with E-state index in [0.29, 0.717) is 12.3 Å². The Morgan fingerprint density at radius 1 is 0.931 bits per heavy atom. The Labute approximate surface area is 173 Å². The molecule has 0 spiro atoms. The van der Waals surface area contributed by atoms with Crippen LogP contribution in [0.2, 0.25) is 0 Å². The second-order valence-electron chi connectivity index (χ2n) is 7.65. The van der Waals surface area contributed by atoms with E-state index in [1.807, 2.05) is 48.5 Å². The highest BCUT2D eigenvalue weighted by Gasteiger charge is 2.07. The summed E-state index contributed by atoms with van der Waals surface area (Å²) in [7, 11) is 0. The van der Waals surface area contributed by atoms with Gasteiger partial charge in [-0.1, -0.05) is 56.7 Å². The van der Waals surface area contributed by atoms with Gasteiger partial charge in [0.1, 0.15) is 0 Å². The summed E-state index contributed by atoms with van der Waals surface area (Å²) in [6, 6.07) is 19.9. The predicted molar refractivity (Wildman–Crippen MR) is 122 cm³/mol. The van der Waals surface area contributed by atoms with Crippen LogP contribution < -0.4 is 5.32 Å². The van der Waals surface area contributed by atoms with Gasteiger partial charge in [-0.05, 0) is 59.9 Å². The fourth-order valence-corrected chi connectivity index (χ4v) is 3.14. The van der Waals surface area contributed by atoms with Crippen LogP contribution in [0.1, 0.15) is 54.6 Å². The lowest BCUT2D eigenvalue weighted by Crippen LogP contribution is -2.01. The van der Waals surface area contributed by atoms with Gasteiger partial charge in [0.05, 0.1) is 0 Å². The number of carbonyl (C=O) groups is 1. The lowest BCUT2D eigenvalue weighted by molar-refractivity contribution is 0.0978. The van der Waals surface area contributed by atoms with Crippen LogP contribution in [0.4, 0.5) is 11.4 Å². The first kappa shape index (κ1) is 20.5. The lowest BCUT2D eigenvalue weighted by Gasteiger charge is -2.09. The second-order valence-corrected chi connectivity index (χ2v) is 7.65. The monoisotopic (exact) mass is 384 g/mol. The summed E-state index contributed by atoms with van der Waals surface area (Å²) in [5.74, 6) is 0.846. The van der Waals surface area contributed by atoms with Crippen molar-refractivity contribution in [3.8, 4) is 0 Å². The normalized spacial score (nSPS) is 11.1. The van der Waals surface area contributed by atoms with Crippen molar-refractivity contribution in [1.82, 2.24) is 4.98 Å². The van der Waals surface area contributed by atoms with Gasteiger partial charge in [0.25, 0.3) is 0 Å². The van der Waals surface area contributed by atoms with Crippen molar-refractivity contribution < 1.29 is 4.79 Å². The van der Waals surface area contributed by atoms with Gasteiger partial charge in [-0.3, -0.25) is 9.78 Å². The first-order chi connectivity index (χ1) is 14.1. The Bertz CT molecular complexity index is 961. The molecule has 3 heteroatoms. The van der Waals surface area contributed by atoms with Crippen molar-refractivity contribution in [3.05, 3.63) is 89.7 Å². The summed E-state index contributed by atoms with van der Waals surface area (Å²) in [6.07, 6.45) is 10.4. The third kappa shape index (κ3) is 6.72. The number of anilines is 2. The van der Waals surface area contributed by atoms with Gasteiger partial charge in [0, 0.05) is 35.8 Å². The summed E-state index contributed by atoms with van der Waals surface area (Å²) < 4.78 is 0. The largest absolute Gasteiger partial charge is 0.355 e. The maximum absolute atomic E-state index is 12.5. The van der Waals surface area contributed by atoms with Crippen molar-refractivity contribution in [2.24, 2.45) is 5.92 Å². The van der Waals surface area contributed by atoms with Gasteiger partial charge >= 0.3 is 0 Å². The number of nitrogens with one attached hydrogen (secondary N) is 1. The SMILES string of the molecule is CC(C)CCCC(=O)c1cccc(Nc2cccc(/C=C/c3ccncc3)c2)c1. The van der Waals surface area contributed by atoms with Crippen LogP contribution >= 0.6 is 0 Å². The smallest absolute Gasteiger partial charge is 0.162 e. The van der Waals surface area contributed by atoms with E-state index in [2.05, 4.69) is 48.4 Å². The number of carbonyl (C=O) groups excluding carboxylic acids is 1. The molecule has 148 valence electrons. The Hall–Kier alpha value is -3.20. The molecule has 2 aromatic carbocycles. The fraction of sp³-hybridized carbons (Fsp3) is 0.231. The first-order valence-corrected chi connectivity index (χ1v) is 10.2. The molecule has 0 atom stereocenters. The molecular formula is C26H28N2O. The molecule has 3 rings (SSSR count). The molecular weight excluding hydrogens is 356 g/mol. The number of hydrogen-bond acceptors (Lipinski definition) is 3. The Morgan fingerprint density at radius 3 is 2.38 bits per heavy atom. The standard InChI is InChI=1S/C26H28N2O/c1-20(2)6-3-11-26(29)23-8-5-10-25(19-23)28-24-9-4-7-22(18-24)13-12-21-14-16-27-17-15-21/h4-5,7-10,12-20,28H,3,6,11H2,1-2H3/b13-12+. The highest BCUT2D eigenvalue weighted by atomic mass is 16.1. The fourth-order valence-electron chi connectivity index (χ4n) is 3.14. The number of benzene rings is 2. The van der Waals surface area contributed by atoms with Gasteiger partial charge in [-0.15, -0.1) is 0 Å². The molecule has 3 aromatic rings. The number of aromatic nitrogens is 1. The maximum Gasteiger partial charge on any atom is 0.162 e. The number of pyridine rings is 1. The van der Waals surface area contributed by atoms with E-state index in [-0.39, 0.29) is 5.78 Å². The highest BCUT2D eigenvalue weighted by molar-refractivity contribution is 5.97. The van der Waals surface area contributed by atoms with Crippen LogP contribution in [0.15, 0.2) is 73.1 Å². The molecule has 0 saturated heterocycles. The van der Waals surface area contributed by atoms with E-state index in [1.54, 1.807) is 12.4 Å². The van der Waals surface area contributed by atoms with E-state index >= 15 is 0 Å². The highest BCUT2D eigenvalue weighted by Crippen LogP contribution is 2.21. The number of ketones is 1. The van der Waals surface area contributed by atoms with Gasteiger partial charge in [0.2, 0.25) is 0 Å². The van der Waals surface area contributed by atoms with E-state index in [9.17, 15) is 4.79 Å². The summed E-state index contributed by atoms with van der Waals surface area (Å²) in [5, 5.41) is 3.42. The second kappa shape index (κ2) is 10.4. The molecule has 0 saturated carbocycles. The number of hydrogen-bond donors (Lipinski definition) is 1. The zero-order valence-corrected chi connectivity index (χ0v) is 17.1. The number of Topliss-reactive ketones (excluding diaryl/α,β-unsaturated/α-hetero) is 1. The molecule has 3 nitrogen and oxygen atoms in total. The third-order valence-electron chi connectivity index (χ3n) is 4.72. The van der Waals surface area contributed by atoms with Crippen LogP contribution in [-0.2, 0) is 0 Å². The Kier molecular flexibility index (Phi) is 7.34. The third-order valence-corrected chi connectivity index (χ3v) is 4.72. The molecule has 0 aliphatic heterocycles. The minimum Gasteiger partial charge on any atom is -0.355 e. The summed E-state index contributed by atoms with van der Waals surface area (Å²) >= 11 is 0. The molecule has 0 aliphatic carbocycles.